The Balaban J connectivity index is 1.63. The van der Waals surface area contributed by atoms with Gasteiger partial charge in [-0.15, -0.1) is 0 Å². The van der Waals surface area contributed by atoms with Crippen molar-refractivity contribution < 1.29 is 13.2 Å². The fourth-order valence-electron chi connectivity index (χ4n) is 3.86. The summed E-state index contributed by atoms with van der Waals surface area (Å²) >= 11 is 0. The predicted octanol–water partition coefficient (Wildman–Crippen LogP) is 4.44. The maximum atomic E-state index is 13.2. The van der Waals surface area contributed by atoms with Crippen LogP contribution in [0.1, 0.15) is 45.9 Å². The molecule has 0 saturated carbocycles. The molecule has 1 aliphatic rings. The van der Waals surface area contributed by atoms with Crippen molar-refractivity contribution in [3.63, 3.8) is 0 Å². The summed E-state index contributed by atoms with van der Waals surface area (Å²) in [5.74, 6) is -0.0990. The van der Waals surface area contributed by atoms with Crippen LogP contribution in [0.2, 0.25) is 0 Å². The molecule has 1 aliphatic heterocycles. The first-order valence-corrected chi connectivity index (χ1v) is 12.1. The summed E-state index contributed by atoms with van der Waals surface area (Å²) in [6.07, 6.45) is 1.49. The fraction of sp³-hybridized carbons (Fsp3) is 0.240. The van der Waals surface area contributed by atoms with Crippen LogP contribution in [0.25, 0.3) is 0 Å². The molecular formula is C25H26N2O3S. The standard InChI is InChI=1S/C25H26N2O3S/c1-19-12-14-21(15-13-19)24(20-8-3-2-4-9-20)26-25(28)22-10-7-11-23(18-22)27-16-5-6-17-31(27,29)30/h2-4,7-15,18,24H,5-6,16-17H2,1H3,(H,26,28)/t24-/m0/s1. The molecule has 3 aromatic carbocycles. The fourth-order valence-corrected chi connectivity index (χ4v) is 5.49. The number of amides is 1. The summed E-state index contributed by atoms with van der Waals surface area (Å²) in [5.41, 5.74) is 4.09. The van der Waals surface area contributed by atoms with E-state index in [2.05, 4.69) is 5.32 Å². The van der Waals surface area contributed by atoms with Gasteiger partial charge in [-0.2, -0.15) is 0 Å². The summed E-state index contributed by atoms with van der Waals surface area (Å²) in [6.45, 7) is 2.48. The topological polar surface area (TPSA) is 66.5 Å². The van der Waals surface area contributed by atoms with E-state index in [9.17, 15) is 13.2 Å². The Morgan fingerprint density at radius 3 is 2.32 bits per heavy atom. The van der Waals surface area contributed by atoms with Gasteiger partial charge >= 0.3 is 0 Å². The van der Waals surface area contributed by atoms with Crippen LogP contribution in [0.15, 0.2) is 78.9 Å². The molecule has 6 heteroatoms. The summed E-state index contributed by atoms with van der Waals surface area (Å²) < 4.78 is 26.3. The maximum absolute atomic E-state index is 13.2. The van der Waals surface area contributed by atoms with Gasteiger partial charge in [0.15, 0.2) is 0 Å². The first-order chi connectivity index (χ1) is 14.9. The zero-order valence-corrected chi connectivity index (χ0v) is 18.3. The van der Waals surface area contributed by atoms with Crippen molar-refractivity contribution in [1.29, 1.82) is 0 Å². The van der Waals surface area contributed by atoms with Crippen LogP contribution in [-0.2, 0) is 10.0 Å². The highest BCUT2D eigenvalue weighted by Gasteiger charge is 2.26. The number of hydrogen-bond donors (Lipinski definition) is 1. The number of hydrogen-bond acceptors (Lipinski definition) is 3. The smallest absolute Gasteiger partial charge is 0.252 e. The van der Waals surface area contributed by atoms with Crippen molar-refractivity contribution in [3.05, 3.63) is 101 Å². The number of nitrogens with one attached hydrogen (secondary N) is 1. The number of carbonyl (C=O) groups excluding carboxylic acids is 1. The van der Waals surface area contributed by atoms with E-state index in [1.165, 1.54) is 4.31 Å². The van der Waals surface area contributed by atoms with Crippen molar-refractivity contribution >= 4 is 21.6 Å². The molecule has 0 aromatic heterocycles. The number of benzene rings is 3. The quantitative estimate of drug-likeness (QED) is 0.645. The Morgan fingerprint density at radius 2 is 1.61 bits per heavy atom. The summed E-state index contributed by atoms with van der Waals surface area (Å²) in [5, 5.41) is 3.13. The lowest BCUT2D eigenvalue weighted by atomic mass is 9.97. The van der Waals surface area contributed by atoms with Gasteiger partial charge in [0.2, 0.25) is 10.0 Å². The van der Waals surface area contributed by atoms with E-state index >= 15 is 0 Å². The Morgan fingerprint density at radius 1 is 0.903 bits per heavy atom. The van der Waals surface area contributed by atoms with Gasteiger partial charge in [0.25, 0.3) is 5.91 Å². The van der Waals surface area contributed by atoms with Crippen LogP contribution in [-0.4, -0.2) is 26.6 Å². The van der Waals surface area contributed by atoms with Gasteiger partial charge in [0.05, 0.1) is 17.5 Å². The molecule has 3 aromatic rings. The molecule has 0 aliphatic carbocycles. The molecule has 0 radical (unpaired) electrons. The third kappa shape index (κ3) is 4.80. The second-order valence-electron chi connectivity index (χ2n) is 7.87. The van der Waals surface area contributed by atoms with Gasteiger partial charge < -0.3 is 5.32 Å². The van der Waals surface area contributed by atoms with Crippen LogP contribution in [0.5, 0.6) is 0 Å². The largest absolute Gasteiger partial charge is 0.341 e. The molecule has 4 rings (SSSR count). The molecule has 1 heterocycles. The molecule has 1 N–H and O–H groups in total. The minimum atomic E-state index is -3.33. The molecular weight excluding hydrogens is 408 g/mol. The Kier molecular flexibility index (Phi) is 6.09. The van der Waals surface area contributed by atoms with Gasteiger partial charge in [0, 0.05) is 12.1 Å². The van der Waals surface area contributed by atoms with Crippen molar-refractivity contribution in [1.82, 2.24) is 5.32 Å². The molecule has 0 spiro atoms. The first kappa shape index (κ1) is 21.1. The van der Waals surface area contributed by atoms with E-state index in [1.54, 1.807) is 24.3 Å². The molecule has 1 fully saturated rings. The molecule has 1 atom stereocenters. The van der Waals surface area contributed by atoms with Gasteiger partial charge in [-0.05, 0) is 49.1 Å². The van der Waals surface area contributed by atoms with Crippen molar-refractivity contribution in [2.24, 2.45) is 0 Å². The van der Waals surface area contributed by atoms with E-state index in [4.69, 9.17) is 0 Å². The van der Waals surface area contributed by atoms with E-state index in [-0.39, 0.29) is 17.7 Å². The summed E-state index contributed by atoms with van der Waals surface area (Å²) in [7, 11) is -3.33. The highest BCUT2D eigenvalue weighted by molar-refractivity contribution is 7.92. The number of rotatable bonds is 5. The molecule has 0 bridgehead atoms. The monoisotopic (exact) mass is 434 g/mol. The van der Waals surface area contributed by atoms with Crippen LogP contribution in [0.4, 0.5) is 5.69 Å². The van der Waals surface area contributed by atoms with Crippen LogP contribution >= 0.6 is 0 Å². The molecule has 31 heavy (non-hydrogen) atoms. The first-order valence-electron chi connectivity index (χ1n) is 10.5. The zero-order valence-electron chi connectivity index (χ0n) is 17.5. The second-order valence-corrected chi connectivity index (χ2v) is 9.89. The van der Waals surface area contributed by atoms with Crippen LogP contribution in [0.3, 0.4) is 0 Å². The van der Waals surface area contributed by atoms with Gasteiger partial charge in [-0.3, -0.25) is 9.10 Å². The highest BCUT2D eigenvalue weighted by atomic mass is 32.2. The average Bonchev–Trinajstić information content (AvgIpc) is 2.78. The highest BCUT2D eigenvalue weighted by Crippen LogP contribution is 2.26. The number of aryl methyl sites for hydroxylation is 1. The van der Waals surface area contributed by atoms with Gasteiger partial charge in [-0.1, -0.05) is 66.2 Å². The molecule has 1 saturated heterocycles. The van der Waals surface area contributed by atoms with Crippen molar-refractivity contribution in [2.45, 2.75) is 25.8 Å². The summed E-state index contributed by atoms with van der Waals surface area (Å²) in [4.78, 5) is 13.2. The second kappa shape index (κ2) is 8.94. The van der Waals surface area contributed by atoms with E-state index in [0.717, 1.165) is 23.1 Å². The zero-order chi connectivity index (χ0) is 21.8. The van der Waals surface area contributed by atoms with Gasteiger partial charge in [-0.25, -0.2) is 8.42 Å². The predicted molar refractivity (Wildman–Crippen MR) is 124 cm³/mol. The minimum Gasteiger partial charge on any atom is -0.341 e. The minimum absolute atomic E-state index is 0.146. The number of anilines is 1. The van der Waals surface area contributed by atoms with Crippen LogP contribution < -0.4 is 9.62 Å². The van der Waals surface area contributed by atoms with Crippen molar-refractivity contribution in [2.75, 3.05) is 16.6 Å². The summed E-state index contributed by atoms with van der Waals surface area (Å²) in [6, 6.07) is 24.5. The van der Waals surface area contributed by atoms with Gasteiger partial charge in [0.1, 0.15) is 0 Å². The average molecular weight is 435 g/mol. The van der Waals surface area contributed by atoms with Crippen molar-refractivity contribution in [3.8, 4) is 0 Å². The van der Waals surface area contributed by atoms with E-state index < -0.39 is 10.0 Å². The molecule has 5 nitrogen and oxygen atoms in total. The Labute approximate surface area is 183 Å². The third-order valence-corrected chi connectivity index (χ3v) is 7.43. The third-order valence-electron chi connectivity index (χ3n) is 5.56. The van der Waals surface area contributed by atoms with E-state index in [0.29, 0.717) is 24.2 Å². The SMILES string of the molecule is Cc1ccc([C@@H](NC(=O)c2cccc(N3CCCCS3(=O)=O)c2)c2ccccc2)cc1. The molecule has 1 amide bonds. The lowest BCUT2D eigenvalue weighted by Crippen LogP contribution is -2.38. The number of nitrogens with zero attached hydrogens (tertiary/aromatic N) is 1. The molecule has 0 unspecified atom stereocenters. The van der Waals surface area contributed by atoms with Crippen LogP contribution in [0, 0.1) is 6.92 Å². The van der Waals surface area contributed by atoms with E-state index in [1.807, 2.05) is 61.5 Å². The number of carbonyl (C=O) groups is 1. The lowest BCUT2D eigenvalue weighted by molar-refractivity contribution is 0.0943. The molecule has 160 valence electrons. The Hall–Kier alpha value is -3.12. The number of sulfonamides is 1. The lowest BCUT2D eigenvalue weighted by Gasteiger charge is -2.28. The maximum Gasteiger partial charge on any atom is 0.252 e. The normalized spacial score (nSPS) is 16.5. The Bertz CT molecular complexity index is 1160.